The summed E-state index contributed by atoms with van der Waals surface area (Å²) in [4.78, 5) is 12.4. The van der Waals surface area contributed by atoms with E-state index in [0.717, 1.165) is 38.5 Å². The standard InChI is InChI=1S/C39H75NO4/c1-3-5-7-9-11-13-15-17-19-21-23-25-27-29-31-33-38(43)37(35-41)40-39(44)34-36(42)32-30-28-26-24-22-20-18-16-14-12-10-8-6-4-2/h20,22,31,33,36-38,41-43H,3-19,21,23-30,32,34-35H2,1-2H3,(H,40,44)/b22-20-,33-31+. The maximum Gasteiger partial charge on any atom is 0.222 e. The summed E-state index contributed by atoms with van der Waals surface area (Å²) in [5.74, 6) is -0.325. The number of hydrogen-bond acceptors (Lipinski definition) is 4. The van der Waals surface area contributed by atoms with Gasteiger partial charge in [0.2, 0.25) is 5.91 Å². The van der Waals surface area contributed by atoms with Gasteiger partial charge in [-0.2, -0.15) is 0 Å². The number of aliphatic hydroxyl groups is 3. The van der Waals surface area contributed by atoms with E-state index in [9.17, 15) is 20.1 Å². The fourth-order valence-electron chi connectivity index (χ4n) is 5.74. The van der Waals surface area contributed by atoms with Crippen molar-refractivity contribution < 1.29 is 20.1 Å². The zero-order chi connectivity index (χ0) is 32.4. The predicted octanol–water partition coefficient (Wildman–Crippen LogP) is 10.3. The second kappa shape index (κ2) is 34.7. The quantitative estimate of drug-likeness (QED) is 0.0425. The van der Waals surface area contributed by atoms with Crippen molar-refractivity contribution in [3.63, 3.8) is 0 Å². The van der Waals surface area contributed by atoms with Crippen molar-refractivity contribution in [3.8, 4) is 0 Å². The molecule has 0 aliphatic heterocycles. The van der Waals surface area contributed by atoms with Gasteiger partial charge in [0.1, 0.15) is 0 Å². The summed E-state index contributed by atoms with van der Waals surface area (Å²) in [6.07, 6.45) is 40.1. The van der Waals surface area contributed by atoms with Crippen molar-refractivity contribution in [2.45, 2.75) is 212 Å². The molecular formula is C39H75NO4. The first kappa shape index (κ1) is 42.8. The van der Waals surface area contributed by atoms with Crippen molar-refractivity contribution in [1.29, 1.82) is 0 Å². The molecule has 3 unspecified atom stereocenters. The molecule has 0 rings (SSSR count). The molecule has 0 aromatic carbocycles. The molecule has 0 aliphatic carbocycles. The lowest BCUT2D eigenvalue weighted by Crippen LogP contribution is -2.45. The predicted molar refractivity (Wildman–Crippen MR) is 190 cm³/mol. The molecular weight excluding hydrogens is 546 g/mol. The molecule has 0 radical (unpaired) electrons. The minimum Gasteiger partial charge on any atom is -0.394 e. The van der Waals surface area contributed by atoms with E-state index in [1.165, 1.54) is 128 Å². The highest BCUT2D eigenvalue weighted by Gasteiger charge is 2.20. The van der Waals surface area contributed by atoms with Crippen LogP contribution in [0.15, 0.2) is 24.3 Å². The number of hydrogen-bond donors (Lipinski definition) is 4. The van der Waals surface area contributed by atoms with E-state index in [1.807, 2.05) is 6.08 Å². The Labute approximate surface area is 273 Å². The molecule has 44 heavy (non-hydrogen) atoms. The van der Waals surface area contributed by atoms with Crippen LogP contribution in [0, 0.1) is 0 Å². The number of nitrogens with one attached hydrogen (secondary N) is 1. The Morgan fingerprint density at radius 1 is 0.568 bits per heavy atom. The molecule has 4 N–H and O–H groups in total. The molecule has 0 aromatic rings. The summed E-state index contributed by atoms with van der Waals surface area (Å²) in [5, 5.41) is 33.0. The minimum absolute atomic E-state index is 0.00421. The van der Waals surface area contributed by atoms with Gasteiger partial charge >= 0.3 is 0 Å². The van der Waals surface area contributed by atoms with Crippen molar-refractivity contribution in [3.05, 3.63) is 24.3 Å². The molecule has 0 bridgehead atoms. The van der Waals surface area contributed by atoms with Crippen LogP contribution in [0.4, 0.5) is 0 Å². The third kappa shape index (κ3) is 30.8. The SMILES string of the molecule is CCCCCCCCC/C=C\CCCCCC(O)CC(=O)NC(CO)C(O)/C=C/CCCCCCCCCCCCCCC. The Morgan fingerprint density at radius 2 is 0.955 bits per heavy atom. The zero-order valence-corrected chi connectivity index (χ0v) is 29.3. The highest BCUT2D eigenvalue weighted by molar-refractivity contribution is 5.76. The molecule has 0 saturated heterocycles. The fourth-order valence-corrected chi connectivity index (χ4v) is 5.74. The molecule has 1 amide bonds. The summed E-state index contributed by atoms with van der Waals surface area (Å²) in [6, 6.07) is -0.745. The Kier molecular flexibility index (Phi) is 33.8. The Balaban J connectivity index is 3.75. The Hall–Kier alpha value is -1.17. The number of carbonyl (C=O) groups excluding carboxylic acids is 1. The average Bonchev–Trinajstić information content (AvgIpc) is 3.01. The van der Waals surface area contributed by atoms with Crippen molar-refractivity contribution >= 4 is 5.91 Å². The van der Waals surface area contributed by atoms with Gasteiger partial charge in [-0.15, -0.1) is 0 Å². The number of unbranched alkanes of at least 4 members (excludes halogenated alkanes) is 23. The molecule has 5 heteroatoms. The first-order valence-corrected chi connectivity index (χ1v) is 19.1. The normalized spacial score (nSPS) is 14.0. The summed E-state index contributed by atoms with van der Waals surface area (Å²) in [7, 11) is 0. The highest BCUT2D eigenvalue weighted by atomic mass is 16.3. The molecule has 0 aromatic heterocycles. The summed E-state index contributed by atoms with van der Waals surface area (Å²) in [6.45, 7) is 4.19. The van der Waals surface area contributed by atoms with Crippen molar-refractivity contribution in [1.82, 2.24) is 5.32 Å². The van der Waals surface area contributed by atoms with E-state index in [0.29, 0.717) is 6.42 Å². The number of rotatable bonds is 34. The monoisotopic (exact) mass is 622 g/mol. The largest absolute Gasteiger partial charge is 0.394 e. The fraction of sp³-hybridized carbons (Fsp3) is 0.872. The molecule has 0 spiro atoms. The van der Waals surface area contributed by atoms with E-state index < -0.39 is 18.2 Å². The lowest BCUT2D eigenvalue weighted by Gasteiger charge is -2.21. The lowest BCUT2D eigenvalue weighted by molar-refractivity contribution is -0.124. The summed E-state index contributed by atoms with van der Waals surface area (Å²) < 4.78 is 0. The van der Waals surface area contributed by atoms with Crippen LogP contribution in [-0.2, 0) is 4.79 Å². The van der Waals surface area contributed by atoms with Crippen LogP contribution >= 0.6 is 0 Å². The molecule has 0 saturated carbocycles. The molecule has 3 atom stereocenters. The van der Waals surface area contributed by atoms with Crippen LogP contribution in [0.5, 0.6) is 0 Å². The van der Waals surface area contributed by atoms with Crippen LogP contribution in [0.3, 0.4) is 0 Å². The molecule has 0 aliphatic rings. The Bertz CT molecular complexity index is 650. The maximum absolute atomic E-state index is 12.4. The molecule has 0 fully saturated rings. The molecule has 5 nitrogen and oxygen atoms in total. The van der Waals surface area contributed by atoms with Gasteiger partial charge in [-0.25, -0.2) is 0 Å². The Morgan fingerprint density at radius 3 is 1.39 bits per heavy atom. The minimum atomic E-state index is -0.929. The first-order valence-electron chi connectivity index (χ1n) is 19.1. The maximum atomic E-state index is 12.4. The second-order valence-corrected chi connectivity index (χ2v) is 13.2. The van der Waals surface area contributed by atoms with E-state index in [4.69, 9.17) is 0 Å². The van der Waals surface area contributed by atoms with Crippen molar-refractivity contribution in [2.75, 3.05) is 6.61 Å². The van der Waals surface area contributed by atoms with Crippen LogP contribution in [0.2, 0.25) is 0 Å². The van der Waals surface area contributed by atoms with Gasteiger partial charge < -0.3 is 20.6 Å². The van der Waals surface area contributed by atoms with Gasteiger partial charge in [-0.1, -0.05) is 167 Å². The lowest BCUT2D eigenvalue weighted by atomic mass is 10.0. The second-order valence-electron chi connectivity index (χ2n) is 13.2. The third-order valence-corrected chi connectivity index (χ3v) is 8.73. The van der Waals surface area contributed by atoms with Crippen LogP contribution < -0.4 is 5.32 Å². The summed E-state index contributed by atoms with van der Waals surface area (Å²) >= 11 is 0. The smallest absolute Gasteiger partial charge is 0.222 e. The van der Waals surface area contributed by atoms with E-state index in [-0.39, 0.29) is 18.9 Å². The van der Waals surface area contributed by atoms with E-state index in [1.54, 1.807) is 6.08 Å². The van der Waals surface area contributed by atoms with Gasteiger partial charge in [-0.3, -0.25) is 4.79 Å². The van der Waals surface area contributed by atoms with Gasteiger partial charge in [0.25, 0.3) is 0 Å². The van der Waals surface area contributed by atoms with Crippen LogP contribution in [0.1, 0.15) is 194 Å². The van der Waals surface area contributed by atoms with Gasteiger partial charge in [-0.05, 0) is 44.9 Å². The topological polar surface area (TPSA) is 89.8 Å². The van der Waals surface area contributed by atoms with Crippen LogP contribution in [-0.4, -0.2) is 46.1 Å². The zero-order valence-electron chi connectivity index (χ0n) is 29.3. The number of carbonyl (C=O) groups is 1. The van der Waals surface area contributed by atoms with E-state index >= 15 is 0 Å². The number of aliphatic hydroxyl groups excluding tert-OH is 3. The van der Waals surface area contributed by atoms with Crippen LogP contribution in [0.25, 0.3) is 0 Å². The highest BCUT2D eigenvalue weighted by Crippen LogP contribution is 2.14. The van der Waals surface area contributed by atoms with Gasteiger partial charge in [0.05, 0.1) is 31.3 Å². The van der Waals surface area contributed by atoms with Gasteiger partial charge in [0, 0.05) is 0 Å². The first-order chi connectivity index (χ1) is 21.5. The number of allylic oxidation sites excluding steroid dienone is 3. The number of amides is 1. The average molecular weight is 622 g/mol. The third-order valence-electron chi connectivity index (χ3n) is 8.73. The summed E-state index contributed by atoms with van der Waals surface area (Å²) in [5.41, 5.74) is 0. The van der Waals surface area contributed by atoms with Crippen molar-refractivity contribution in [2.24, 2.45) is 0 Å². The molecule has 260 valence electrons. The van der Waals surface area contributed by atoms with E-state index in [2.05, 4.69) is 31.3 Å². The molecule has 0 heterocycles. The van der Waals surface area contributed by atoms with Gasteiger partial charge in [0.15, 0.2) is 0 Å².